The van der Waals surface area contributed by atoms with Gasteiger partial charge >= 0.3 is 5.97 Å². The zero-order chi connectivity index (χ0) is 18.5. The lowest BCUT2D eigenvalue weighted by molar-refractivity contribution is -0.930. The van der Waals surface area contributed by atoms with Crippen molar-refractivity contribution in [2.75, 3.05) is 26.8 Å². The number of aromatic nitrogens is 3. The van der Waals surface area contributed by atoms with Crippen molar-refractivity contribution in [2.45, 2.75) is 26.4 Å². The first kappa shape index (κ1) is 18.6. The minimum atomic E-state index is -0.0878. The van der Waals surface area contributed by atoms with E-state index in [1.165, 1.54) is 4.90 Å². The van der Waals surface area contributed by atoms with E-state index < -0.39 is 0 Å². The lowest BCUT2D eigenvalue weighted by Crippen LogP contribution is -3.13. The second-order valence-electron chi connectivity index (χ2n) is 6.44. The molecule has 0 bridgehead atoms. The molecule has 2 aromatic rings. The summed E-state index contributed by atoms with van der Waals surface area (Å²) < 4.78 is 14.8. The molecule has 1 aromatic carbocycles. The molecule has 1 N–H and O–H groups in total. The highest BCUT2D eigenvalue weighted by Crippen LogP contribution is 2.16. The zero-order valence-corrected chi connectivity index (χ0v) is 16.0. The number of hydrogen-bond acceptors (Lipinski definition) is 5. The van der Waals surface area contributed by atoms with Crippen molar-refractivity contribution >= 4 is 18.2 Å². The van der Waals surface area contributed by atoms with Crippen LogP contribution in [0.5, 0.6) is 5.75 Å². The topological polar surface area (TPSA) is 62.7 Å². The van der Waals surface area contributed by atoms with Crippen LogP contribution in [-0.2, 0) is 16.2 Å². The molecule has 0 spiro atoms. The van der Waals surface area contributed by atoms with E-state index in [4.69, 9.17) is 21.7 Å². The van der Waals surface area contributed by atoms with Crippen molar-refractivity contribution in [1.82, 2.24) is 14.3 Å². The Morgan fingerprint density at radius 3 is 3.08 bits per heavy atom. The number of carbonyl (C=O) groups is 1. The van der Waals surface area contributed by atoms with Crippen molar-refractivity contribution < 1.29 is 19.2 Å². The Labute approximate surface area is 158 Å². The van der Waals surface area contributed by atoms with Gasteiger partial charge in [-0.1, -0.05) is 6.07 Å². The van der Waals surface area contributed by atoms with Crippen molar-refractivity contribution in [1.29, 1.82) is 0 Å². The Morgan fingerprint density at radius 2 is 2.31 bits per heavy atom. The number of carbonyl (C=O) groups excluding carboxylic acids is 1. The van der Waals surface area contributed by atoms with Crippen LogP contribution in [0.2, 0.25) is 0 Å². The normalized spacial score (nSPS) is 19.9. The van der Waals surface area contributed by atoms with Crippen LogP contribution in [0.4, 0.5) is 0 Å². The quantitative estimate of drug-likeness (QED) is 0.606. The maximum Gasteiger partial charge on any atom is 0.314 e. The van der Waals surface area contributed by atoms with Gasteiger partial charge in [0.1, 0.15) is 18.0 Å². The Bertz CT molecular complexity index is 817. The van der Waals surface area contributed by atoms with Crippen molar-refractivity contribution in [2.24, 2.45) is 5.92 Å². The van der Waals surface area contributed by atoms with Gasteiger partial charge < -0.3 is 14.4 Å². The molecule has 1 aliphatic rings. The molecule has 1 fully saturated rings. The van der Waals surface area contributed by atoms with E-state index >= 15 is 0 Å². The molecule has 26 heavy (non-hydrogen) atoms. The van der Waals surface area contributed by atoms with Crippen LogP contribution in [-0.4, -0.2) is 47.1 Å². The second kappa shape index (κ2) is 8.46. The van der Waals surface area contributed by atoms with Gasteiger partial charge in [0.15, 0.2) is 6.67 Å². The van der Waals surface area contributed by atoms with Gasteiger partial charge in [-0.3, -0.25) is 9.36 Å². The molecule has 1 aromatic heterocycles. The number of hydrogen-bond donors (Lipinski definition) is 1. The van der Waals surface area contributed by atoms with E-state index in [9.17, 15) is 4.79 Å². The fraction of sp³-hybridized carbons (Fsp3) is 0.500. The van der Waals surface area contributed by atoms with E-state index in [0.717, 1.165) is 37.4 Å². The maximum atomic E-state index is 12.0. The Hall–Kier alpha value is -2.19. The lowest BCUT2D eigenvalue weighted by Gasteiger charge is -2.28. The summed E-state index contributed by atoms with van der Waals surface area (Å²) in [5.41, 5.74) is 0.915. The first-order valence-corrected chi connectivity index (χ1v) is 9.32. The molecule has 1 unspecified atom stereocenters. The fourth-order valence-electron chi connectivity index (χ4n) is 3.35. The summed E-state index contributed by atoms with van der Waals surface area (Å²) in [5.74, 6) is 0.652. The third-order valence-electron chi connectivity index (χ3n) is 4.68. The Kier molecular flexibility index (Phi) is 6.05. The summed E-state index contributed by atoms with van der Waals surface area (Å²) in [6.07, 6.45) is 3.62. The number of benzene rings is 1. The van der Waals surface area contributed by atoms with E-state index in [1.807, 2.05) is 40.4 Å². The van der Waals surface area contributed by atoms with Crippen molar-refractivity contribution in [3.05, 3.63) is 35.4 Å². The standard InChI is InChI=1S/C18H24N4O3S/c1-3-25-17(23)14-6-5-9-20(11-14)13-22-18(26)21(12-19-22)15-7-4-8-16(10-15)24-2/h4,7-8,10,12,14H,3,5-6,9,11,13H2,1-2H3/p+1/t14-/m0/s1. The summed E-state index contributed by atoms with van der Waals surface area (Å²) in [4.78, 5) is 13.3. The summed E-state index contributed by atoms with van der Waals surface area (Å²) in [7, 11) is 1.64. The van der Waals surface area contributed by atoms with Gasteiger partial charge in [-0.25, -0.2) is 0 Å². The van der Waals surface area contributed by atoms with Crippen LogP contribution in [0.25, 0.3) is 5.69 Å². The van der Waals surface area contributed by atoms with Gasteiger partial charge in [0.25, 0.3) is 0 Å². The van der Waals surface area contributed by atoms with Gasteiger partial charge in [-0.05, 0) is 44.1 Å². The number of rotatable bonds is 6. The first-order chi connectivity index (χ1) is 12.6. The third-order valence-corrected chi connectivity index (χ3v) is 5.08. The summed E-state index contributed by atoms with van der Waals surface area (Å²) >= 11 is 5.60. The van der Waals surface area contributed by atoms with Gasteiger partial charge in [-0.2, -0.15) is 9.78 Å². The summed E-state index contributed by atoms with van der Waals surface area (Å²) in [6.45, 7) is 4.68. The van der Waals surface area contributed by atoms with Gasteiger partial charge in [0.05, 0.1) is 32.5 Å². The predicted octanol–water partition coefficient (Wildman–Crippen LogP) is 1.23. The van der Waals surface area contributed by atoms with E-state index in [1.54, 1.807) is 13.4 Å². The van der Waals surface area contributed by atoms with Crippen LogP contribution in [0, 0.1) is 10.7 Å². The number of likely N-dealkylation sites (tertiary alicyclic amines) is 1. The highest BCUT2D eigenvalue weighted by Gasteiger charge is 2.30. The molecule has 0 amide bonds. The lowest BCUT2D eigenvalue weighted by atomic mass is 9.99. The second-order valence-corrected chi connectivity index (χ2v) is 6.80. The zero-order valence-electron chi connectivity index (χ0n) is 15.2. The van der Waals surface area contributed by atoms with E-state index in [-0.39, 0.29) is 11.9 Å². The first-order valence-electron chi connectivity index (χ1n) is 8.91. The average molecular weight is 377 g/mol. The largest absolute Gasteiger partial charge is 0.497 e. The fourth-order valence-corrected chi connectivity index (χ4v) is 3.61. The molecule has 2 atom stereocenters. The molecule has 0 aliphatic carbocycles. The number of ether oxygens (including phenoxy) is 2. The molecule has 1 saturated heterocycles. The Balaban J connectivity index is 1.72. The molecule has 8 heteroatoms. The number of nitrogens with zero attached hydrogens (tertiary/aromatic N) is 3. The Morgan fingerprint density at radius 1 is 1.46 bits per heavy atom. The third kappa shape index (κ3) is 4.13. The molecule has 7 nitrogen and oxygen atoms in total. The molecule has 1 aliphatic heterocycles. The predicted molar refractivity (Wildman–Crippen MR) is 99.0 cm³/mol. The van der Waals surface area contributed by atoms with E-state index in [0.29, 0.717) is 18.0 Å². The van der Waals surface area contributed by atoms with Crippen LogP contribution in [0.3, 0.4) is 0 Å². The molecule has 3 rings (SSSR count). The van der Waals surface area contributed by atoms with Crippen LogP contribution >= 0.6 is 12.2 Å². The van der Waals surface area contributed by atoms with Crippen molar-refractivity contribution in [3.63, 3.8) is 0 Å². The average Bonchev–Trinajstić information content (AvgIpc) is 3.02. The van der Waals surface area contributed by atoms with Gasteiger partial charge in [0, 0.05) is 6.07 Å². The monoisotopic (exact) mass is 377 g/mol. The van der Waals surface area contributed by atoms with Gasteiger partial charge in [0.2, 0.25) is 4.77 Å². The smallest absolute Gasteiger partial charge is 0.314 e. The van der Waals surface area contributed by atoms with Crippen molar-refractivity contribution in [3.8, 4) is 11.4 Å². The molecule has 2 heterocycles. The maximum absolute atomic E-state index is 12.0. The highest BCUT2D eigenvalue weighted by molar-refractivity contribution is 7.71. The minimum Gasteiger partial charge on any atom is -0.497 e. The molecule has 0 saturated carbocycles. The van der Waals surface area contributed by atoms with E-state index in [2.05, 4.69) is 5.10 Å². The number of piperidine rings is 1. The van der Waals surface area contributed by atoms with Gasteiger partial charge in [-0.15, -0.1) is 0 Å². The number of quaternary nitrogens is 1. The molecular weight excluding hydrogens is 352 g/mol. The minimum absolute atomic E-state index is 0.0339. The van der Waals surface area contributed by atoms with Crippen LogP contribution in [0.1, 0.15) is 19.8 Å². The molecular formula is C18H25N4O3S+. The van der Waals surface area contributed by atoms with Crippen LogP contribution in [0.15, 0.2) is 30.6 Å². The summed E-state index contributed by atoms with van der Waals surface area (Å²) in [6, 6.07) is 7.71. The summed E-state index contributed by atoms with van der Waals surface area (Å²) in [5, 5.41) is 4.45. The molecule has 140 valence electrons. The number of methoxy groups -OCH3 is 1. The SMILES string of the molecule is CCOC(=O)[C@H]1CCC[NH+](Cn2ncn(-c3cccc(OC)c3)c2=S)C1. The number of nitrogens with one attached hydrogen (secondary N) is 1. The highest BCUT2D eigenvalue weighted by atomic mass is 32.1. The number of esters is 1. The molecule has 0 radical (unpaired) electrons. The van der Waals surface area contributed by atoms with Crippen LogP contribution < -0.4 is 9.64 Å².